The van der Waals surface area contributed by atoms with Gasteiger partial charge in [0, 0.05) is 30.4 Å². The summed E-state index contributed by atoms with van der Waals surface area (Å²) in [5.41, 5.74) is 7.97. The summed E-state index contributed by atoms with van der Waals surface area (Å²) in [6.45, 7) is 5.34. The van der Waals surface area contributed by atoms with Crippen LogP contribution in [-0.4, -0.2) is 49.2 Å². The number of nitrogen functional groups attached to an aromatic ring is 1. The Bertz CT molecular complexity index is 532. The van der Waals surface area contributed by atoms with E-state index in [0.717, 1.165) is 25.3 Å². The standard InChI is InChI=1S/C16H23N3O2/c1-11-7-12(17)4-5-15(11)16(20)18-8-14-9-19-6-2-3-13(19)10-21-14/h4-5,7,13-14H,2-3,6,8-10,17H2,1H3,(H,18,20). The first-order chi connectivity index (χ1) is 10.1. The largest absolute Gasteiger partial charge is 0.399 e. The highest BCUT2D eigenvalue weighted by Gasteiger charge is 2.32. The highest BCUT2D eigenvalue weighted by molar-refractivity contribution is 5.96. The van der Waals surface area contributed by atoms with Gasteiger partial charge in [0.1, 0.15) is 0 Å². The van der Waals surface area contributed by atoms with Gasteiger partial charge < -0.3 is 15.8 Å². The van der Waals surface area contributed by atoms with Crippen LogP contribution in [0.5, 0.6) is 0 Å². The molecule has 21 heavy (non-hydrogen) atoms. The van der Waals surface area contributed by atoms with Crippen molar-refractivity contribution in [2.24, 2.45) is 0 Å². The molecule has 0 aromatic heterocycles. The van der Waals surface area contributed by atoms with Crippen molar-refractivity contribution in [1.29, 1.82) is 0 Å². The highest BCUT2D eigenvalue weighted by Crippen LogP contribution is 2.22. The molecular weight excluding hydrogens is 266 g/mol. The van der Waals surface area contributed by atoms with Crippen LogP contribution in [0.15, 0.2) is 18.2 Å². The molecule has 114 valence electrons. The van der Waals surface area contributed by atoms with E-state index in [0.29, 0.717) is 23.8 Å². The molecule has 3 N–H and O–H groups in total. The predicted octanol–water partition coefficient (Wildman–Crippen LogP) is 1.17. The first-order valence-electron chi connectivity index (χ1n) is 7.63. The van der Waals surface area contributed by atoms with Gasteiger partial charge in [0.15, 0.2) is 0 Å². The van der Waals surface area contributed by atoms with E-state index in [4.69, 9.17) is 10.5 Å². The zero-order chi connectivity index (χ0) is 14.8. The fraction of sp³-hybridized carbons (Fsp3) is 0.562. The number of nitrogens with one attached hydrogen (secondary N) is 1. The van der Waals surface area contributed by atoms with Crippen LogP contribution in [0.2, 0.25) is 0 Å². The summed E-state index contributed by atoms with van der Waals surface area (Å²) in [5.74, 6) is -0.0559. The number of fused-ring (bicyclic) bond motifs is 1. The molecule has 1 aromatic rings. The van der Waals surface area contributed by atoms with Crippen LogP contribution in [0.25, 0.3) is 0 Å². The molecule has 1 aromatic carbocycles. The fourth-order valence-corrected chi connectivity index (χ4v) is 3.25. The second-order valence-corrected chi connectivity index (χ2v) is 6.03. The average molecular weight is 289 g/mol. The van der Waals surface area contributed by atoms with Crippen molar-refractivity contribution in [2.75, 3.05) is 32.0 Å². The Morgan fingerprint density at radius 2 is 2.38 bits per heavy atom. The lowest BCUT2D eigenvalue weighted by atomic mass is 10.1. The first kappa shape index (κ1) is 14.4. The van der Waals surface area contributed by atoms with Crippen molar-refractivity contribution < 1.29 is 9.53 Å². The minimum Gasteiger partial charge on any atom is -0.399 e. The average Bonchev–Trinajstić information content (AvgIpc) is 2.92. The fourth-order valence-electron chi connectivity index (χ4n) is 3.25. The topological polar surface area (TPSA) is 67.6 Å². The van der Waals surface area contributed by atoms with E-state index in [1.807, 2.05) is 13.0 Å². The van der Waals surface area contributed by atoms with Crippen LogP contribution in [0.3, 0.4) is 0 Å². The van der Waals surface area contributed by atoms with Gasteiger partial charge in [-0.25, -0.2) is 0 Å². The van der Waals surface area contributed by atoms with Gasteiger partial charge in [0.05, 0.1) is 12.7 Å². The molecule has 2 atom stereocenters. The van der Waals surface area contributed by atoms with Crippen LogP contribution >= 0.6 is 0 Å². The van der Waals surface area contributed by atoms with Gasteiger partial charge in [0.25, 0.3) is 5.91 Å². The number of carbonyl (C=O) groups is 1. The number of benzene rings is 1. The maximum atomic E-state index is 12.2. The number of ether oxygens (including phenoxy) is 1. The minimum absolute atomic E-state index is 0.0559. The van der Waals surface area contributed by atoms with Gasteiger partial charge in [0.2, 0.25) is 0 Å². The maximum Gasteiger partial charge on any atom is 0.251 e. The normalized spacial score (nSPS) is 25.6. The van der Waals surface area contributed by atoms with E-state index >= 15 is 0 Å². The Morgan fingerprint density at radius 3 is 3.19 bits per heavy atom. The molecule has 3 rings (SSSR count). The lowest BCUT2D eigenvalue weighted by molar-refractivity contribution is -0.0461. The summed E-state index contributed by atoms with van der Waals surface area (Å²) in [6.07, 6.45) is 2.60. The molecule has 0 saturated carbocycles. The lowest BCUT2D eigenvalue weighted by Crippen LogP contribution is -2.50. The van der Waals surface area contributed by atoms with E-state index in [2.05, 4.69) is 10.2 Å². The summed E-state index contributed by atoms with van der Waals surface area (Å²) in [5, 5.41) is 2.98. The van der Waals surface area contributed by atoms with Crippen LogP contribution in [0.1, 0.15) is 28.8 Å². The molecule has 2 unspecified atom stereocenters. The Morgan fingerprint density at radius 1 is 1.52 bits per heavy atom. The third-order valence-corrected chi connectivity index (χ3v) is 4.45. The van der Waals surface area contributed by atoms with E-state index in [-0.39, 0.29) is 12.0 Å². The molecule has 2 fully saturated rings. The number of aryl methyl sites for hydroxylation is 1. The number of nitrogens with zero attached hydrogens (tertiary/aromatic N) is 1. The number of carbonyl (C=O) groups excluding carboxylic acids is 1. The first-order valence-corrected chi connectivity index (χ1v) is 7.63. The third kappa shape index (κ3) is 3.19. The van der Waals surface area contributed by atoms with Crippen molar-refractivity contribution in [3.8, 4) is 0 Å². The number of hydrogen-bond donors (Lipinski definition) is 2. The summed E-state index contributed by atoms with van der Waals surface area (Å²) in [7, 11) is 0. The third-order valence-electron chi connectivity index (χ3n) is 4.45. The van der Waals surface area contributed by atoms with E-state index in [1.165, 1.54) is 12.8 Å². The Labute approximate surface area is 125 Å². The molecule has 0 aliphatic carbocycles. The Hall–Kier alpha value is -1.59. The van der Waals surface area contributed by atoms with Crippen molar-refractivity contribution in [3.63, 3.8) is 0 Å². The van der Waals surface area contributed by atoms with E-state index in [1.54, 1.807) is 12.1 Å². The summed E-state index contributed by atoms with van der Waals surface area (Å²) in [6, 6.07) is 5.95. The maximum absolute atomic E-state index is 12.2. The quantitative estimate of drug-likeness (QED) is 0.820. The predicted molar refractivity (Wildman–Crippen MR) is 82.3 cm³/mol. The van der Waals surface area contributed by atoms with Crippen molar-refractivity contribution in [2.45, 2.75) is 31.9 Å². The van der Waals surface area contributed by atoms with Crippen LogP contribution in [0, 0.1) is 6.92 Å². The SMILES string of the molecule is Cc1cc(N)ccc1C(=O)NCC1CN2CCCC2CO1. The lowest BCUT2D eigenvalue weighted by Gasteiger charge is -2.35. The number of rotatable bonds is 3. The van der Waals surface area contributed by atoms with Crippen molar-refractivity contribution in [3.05, 3.63) is 29.3 Å². The molecule has 1 amide bonds. The molecule has 5 heteroatoms. The number of morpholine rings is 1. The van der Waals surface area contributed by atoms with E-state index < -0.39 is 0 Å². The molecular formula is C16H23N3O2. The van der Waals surface area contributed by atoms with Gasteiger partial charge in [-0.1, -0.05) is 0 Å². The Balaban J connectivity index is 1.54. The zero-order valence-electron chi connectivity index (χ0n) is 12.5. The van der Waals surface area contributed by atoms with E-state index in [9.17, 15) is 4.79 Å². The zero-order valence-corrected chi connectivity index (χ0v) is 12.5. The molecule has 2 aliphatic rings. The summed E-state index contributed by atoms with van der Waals surface area (Å²) < 4.78 is 5.85. The molecule has 0 radical (unpaired) electrons. The summed E-state index contributed by atoms with van der Waals surface area (Å²) in [4.78, 5) is 14.7. The van der Waals surface area contributed by atoms with Crippen molar-refractivity contribution >= 4 is 11.6 Å². The van der Waals surface area contributed by atoms with Gasteiger partial charge >= 0.3 is 0 Å². The molecule has 2 aliphatic heterocycles. The molecule has 5 nitrogen and oxygen atoms in total. The van der Waals surface area contributed by atoms with Crippen LogP contribution in [0.4, 0.5) is 5.69 Å². The number of amides is 1. The van der Waals surface area contributed by atoms with Gasteiger partial charge in [-0.3, -0.25) is 9.69 Å². The molecule has 2 saturated heterocycles. The molecule has 0 spiro atoms. The number of anilines is 1. The second-order valence-electron chi connectivity index (χ2n) is 6.03. The highest BCUT2D eigenvalue weighted by atomic mass is 16.5. The van der Waals surface area contributed by atoms with Crippen molar-refractivity contribution in [1.82, 2.24) is 10.2 Å². The Kier molecular flexibility index (Phi) is 4.12. The molecule has 2 heterocycles. The van der Waals surface area contributed by atoms with Crippen LogP contribution < -0.4 is 11.1 Å². The monoisotopic (exact) mass is 289 g/mol. The number of hydrogen-bond acceptors (Lipinski definition) is 4. The van der Waals surface area contributed by atoms with Gasteiger partial charge in [-0.2, -0.15) is 0 Å². The smallest absolute Gasteiger partial charge is 0.251 e. The second kappa shape index (κ2) is 6.03. The molecule has 0 bridgehead atoms. The van der Waals surface area contributed by atoms with Gasteiger partial charge in [-0.15, -0.1) is 0 Å². The van der Waals surface area contributed by atoms with Crippen LogP contribution in [-0.2, 0) is 4.74 Å². The summed E-state index contributed by atoms with van der Waals surface area (Å²) >= 11 is 0. The van der Waals surface area contributed by atoms with Gasteiger partial charge in [-0.05, 0) is 50.1 Å². The minimum atomic E-state index is -0.0559. The number of nitrogens with two attached hydrogens (primary N) is 1.